The second-order valence-corrected chi connectivity index (χ2v) is 6.50. The molecule has 2 saturated heterocycles. The van der Waals surface area contributed by atoms with Gasteiger partial charge in [0, 0.05) is 24.2 Å². The lowest BCUT2D eigenvalue weighted by Gasteiger charge is -2.35. The topological polar surface area (TPSA) is 87.5 Å². The van der Waals surface area contributed by atoms with Crippen LogP contribution in [0, 0.1) is 10.1 Å². The number of nitrogens with zero attached hydrogens (tertiary/aromatic N) is 2. The Morgan fingerprint density at radius 2 is 1.96 bits per heavy atom. The molecule has 0 spiro atoms. The standard InChI is InChI=1S/C16H22N4O3.ClH/c1-19(13-8-11-6-7-12(9-13)17-11)10-16(21)18-14-4-2-3-5-15(14)20(22)23;/h2-5,11-13,17H,6-10H2,1H3,(H,18,21);1H. The van der Waals surface area contributed by atoms with Crippen molar-refractivity contribution in [3.05, 3.63) is 34.4 Å². The van der Waals surface area contributed by atoms with E-state index in [9.17, 15) is 14.9 Å². The van der Waals surface area contributed by atoms with Gasteiger partial charge in [-0.05, 0) is 38.8 Å². The van der Waals surface area contributed by atoms with Gasteiger partial charge < -0.3 is 10.6 Å². The highest BCUT2D eigenvalue weighted by Gasteiger charge is 2.35. The molecule has 2 fully saturated rings. The van der Waals surface area contributed by atoms with Gasteiger partial charge >= 0.3 is 0 Å². The molecule has 24 heavy (non-hydrogen) atoms. The zero-order valence-corrected chi connectivity index (χ0v) is 14.4. The summed E-state index contributed by atoms with van der Waals surface area (Å²) in [6.07, 6.45) is 4.56. The number of nitro groups is 1. The second-order valence-electron chi connectivity index (χ2n) is 6.50. The summed E-state index contributed by atoms with van der Waals surface area (Å²) in [4.78, 5) is 24.8. The summed E-state index contributed by atoms with van der Waals surface area (Å²) in [5.41, 5.74) is 0.171. The summed E-state index contributed by atoms with van der Waals surface area (Å²) in [6.45, 7) is 0.246. The molecule has 0 aromatic heterocycles. The van der Waals surface area contributed by atoms with Crippen molar-refractivity contribution in [1.82, 2.24) is 10.2 Å². The molecule has 2 heterocycles. The first-order valence-corrected chi connectivity index (χ1v) is 8.02. The third-order valence-electron chi connectivity index (χ3n) is 4.84. The Labute approximate surface area is 147 Å². The number of anilines is 1. The van der Waals surface area contributed by atoms with Gasteiger partial charge in [-0.15, -0.1) is 12.4 Å². The summed E-state index contributed by atoms with van der Waals surface area (Å²) in [7, 11) is 1.95. The quantitative estimate of drug-likeness (QED) is 0.625. The van der Waals surface area contributed by atoms with Gasteiger partial charge in [0.2, 0.25) is 5.91 Å². The Morgan fingerprint density at radius 1 is 1.33 bits per heavy atom. The van der Waals surface area contributed by atoms with Crippen LogP contribution in [0.15, 0.2) is 24.3 Å². The van der Waals surface area contributed by atoms with Crippen LogP contribution in [0.5, 0.6) is 0 Å². The van der Waals surface area contributed by atoms with E-state index < -0.39 is 4.92 Å². The normalized spacial score (nSPS) is 25.2. The first kappa shape index (κ1) is 18.6. The molecule has 2 aliphatic rings. The average Bonchev–Trinajstić information content (AvgIpc) is 2.85. The number of benzene rings is 1. The number of halogens is 1. The number of likely N-dealkylation sites (N-methyl/N-ethyl adjacent to an activating group) is 1. The molecular formula is C16H23ClN4O3. The number of para-hydroxylation sites is 2. The van der Waals surface area contributed by atoms with E-state index in [0.29, 0.717) is 18.1 Å². The molecule has 132 valence electrons. The van der Waals surface area contributed by atoms with Crippen LogP contribution in [0.2, 0.25) is 0 Å². The van der Waals surface area contributed by atoms with Gasteiger partial charge in [-0.1, -0.05) is 12.1 Å². The summed E-state index contributed by atoms with van der Waals surface area (Å²) >= 11 is 0. The zero-order valence-electron chi connectivity index (χ0n) is 13.6. The van der Waals surface area contributed by atoms with Crippen molar-refractivity contribution in [2.45, 2.75) is 43.8 Å². The number of fused-ring (bicyclic) bond motifs is 2. The fourth-order valence-corrected chi connectivity index (χ4v) is 3.67. The minimum absolute atomic E-state index is 0. The highest BCUT2D eigenvalue weighted by molar-refractivity contribution is 5.94. The van der Waals surface area contributed by atoms with Crippen LogP contribution >= 0.6 is 12.4 Å². The molecule has 8 heteroatoms. The molecule has 3 rings (SSSR count). The highest BCUT2D eigenvalue weighted by atomic mass is 35.5. The molecule has 1 amide bonds. The van der Waals surface area contributed by atoms with Crippen molar-refractivity contribution in [3.8, 4) is 0 Å². The van der Waals surface area contributed by atoms with Gasteiger partial charge in [-0.2, -0.15) is 0 Å². The number of carbonyl (C=O) groups is 1. The number of hydrogen-bond acceptors (Lipinski definition) is 5. The van der Waals surface area contributed by atoms with E-state index in [2.05, 4.69) is 15.5 Å². The maximum Gasteiger partial charge on any atom is 0.292 e. The first-order chi connectivity index (χ1) is 11.0. The minimum atomic E-state index is -0.482. The average molecular weight is 355 g/mol. The zero-order chi connectivity index (χ0) is 16.4. The van der Waals surface area contributed by atoms with Crippen LogP contribution in [0.3, 0.4) is 0 Å². The van der Waals surface area contributed by atoms with E-state index in [-0.39, 0.29) is 36.2 Å². The molecule has 2 unspecified atom stereocenters. The lowest BCUT2D eigenvalue weighted by Crippen LogP contribution is -2.48. The van der Waals surface area contributed by atoms with Gasteiger partial charge in [0.05, 0.1) is 11.5 Å². The molecule has 1 aromatic rings. The predicted molar refractivity (Wildman–Crippen MR) is 94.6 cm³/mol. The SMILES string of the molecule is CN(CC(=O)Nc1ccccc1[N+](=O)[O-])C1CC2CCC(C1)N2.Cl. The third kappa shape index (κ3) is 4.23. The Hall–Kier alpha value is -1.70. The Balaban J connectivity index is 0.00000208. The smallest absolute Gasteiger partial charge is 0.292 e. The monoisotopic (exact) mass is 354 g/mol. The molecule has 2 bridgehead atoms. The van der Waals surface area contributed by atoms with E-state index in [0.717, 1.165) is 12.8 Å². The van der Waals surface area contributed by atoms with Crippen LogP contribution in [0.4, 0.5) is 11.4 Å². The van der Waals surface area contributed by atoms with Crippen LogP contribution in [-0.4, -0.2) is 47.4 Å². The number of carbonyl (C=O) groups excluding carboxylic acids is 1. The fourth-order valence-electron chi connectivity index (χ4n) is 3.67. The summed E-state index contributed by atoms with van der Waals surface area (Å²) in [6, 6.07) is 7.75. The van der Waals surface area contributed by atoms with Crippen LogP contribution in [0.25, 0.3) is 0 Å². The predicted octanol–water partition coefficient (Wildman–Crippen LogP) is 2.17. The molecule has 2 atom stereocenters. The molecule has 7 nitrogen and oxygen atoms in total. The lowest BCUT2D eigenvalue weighted by molar-refractivity contribution is -0.383. The van der Waals surface area contributed by atoms with Gasteiger partial charge in [-0.3, -0.25) is 19.8 Å². The van der Waals surface area contributed by atoms with Gasteiger partial charge in [0.1, 0.15) is 5.69 Å². The number of nitro benzene ring substituents is 1. The molecule has 2 aliphatic heterocycles. The Kier molecular flexibility index (Phi) is 6.15. The minimum Gasteiger partial charge on any atom is -0.319 e. The maximum absolute atomic E-state index is 12.2. The molecule has 0 saturated carbocycles. The fraction of sp³-hybridized carbons (Fsp3) is 0.562. The molecule has 0 aliphatic carbocycles. The number of hydrogen-bond donors (Lipinski definition) is 2. The van der Waals surface area contributed by atoms with Crippen molar-refractivity contribution >= 4 is 29.7 Å². The lowest BCUT2D eigenvalue weighted by atomic mass is 9.98. The van der Waals surface area contributed by atoms with Crippen LogP contribution in [0.1, 0.15) is 25.7 Å². The van der Waals surface area contributed by atoms with E-state index in [1.165, 1.54) is 18.9 Å². The van der Waals surface area contributed by atoms with Crippen molar-refractivity contribution in [1.29, 1.82) is 0 Å². The first-order valence-electron chi connectivity index (χ1n) is 8.02. The second kappa shape index (κ2) is 7.92. The molecule has 2 N–H and O–H groups in total. The van der Waals surface area contributed by atoms with Crippen LogP contribution in [-0.2, 0) is 4.79 Å². The molecular weight excluding hydrogens is 332 g/mol. The largest absolute Gasteiger partial charge is 0.319 e. The van der Waals surface area contributed by atoms with E-state index >= 15 is 0 Å². The van der Waals surface area contributed by atoms with Gasteiger partial charge in [0.15, 0.2) is 0 Å². The number of amides is 1. The van der Waals surface area contributed by atoms with E-state index in [1.807, 2.05) is 7.05 Å². The van der Waals surface area contributed by atoms with Crippen molar-refractivity contribution in [2.75, 3.05) is 18.9 Å². The van der Waals surface area contributed by atoms with Gasteiger partial charge in [0.25, 0.3) is 5.69 Å². The van der Waals surface area contributed by atoms with Crippen LogP contribution < -0.4 is 10.6 Å². The summed E-state index contributed by atoms with van der Waals surface area (Å²) in [5.74, 6) is -0.215. The molecule has 1 aromatic carbocycles. The Bertz CT molecular complexity index is 601. The van der Waals surface area contributed by atoms with E-state index in [1.54, 1.807) is 18.2 Å². The maximum atomic E-state index is 12.2. The number of nitrogens with one attached hydrogen (secondary N) is 2. The third-order valence-corrected chi connectivity index (χ3v) is 4.84. The molecule has 0 radical (unpaired) electrons. The van der Waals surface area contributed by atoms with Crippen molar-refractivity contribution < 1.29 is 9.72 Å². The highest BCUT2D eigenvalue weighted by Crippen LogP contribution is 2.29. The van der Waals surface area contributed by atoms with Crippen molar-refractivity contribution in [3.63, 3.8) is 0 Å². The number of piperidine rings is 1. The summed E-state index contributed by atoms with van der Waals surface area (Å²) in [5, 5.41) is 17.2. The van der Waals surface area contributed by atoms with Crippen molar-refractivity contribution in [2.24, 2.45) is 0 Å². The van der Waals surface area contributed by atoms with E-state index in [4.69, 9.17) is 0 Å². The number of rotatable bonds is 5. The van der Waals surface area contributed by atoms with Gasteiger partial charge in [-0.25, -0.2) is 0 Å². The Morgan fingerprint density at radius 3 is 2.58 bits per heavy atom. The summed E-state index contributed by atoms with van der Waals surface area (Å²) < 4.78 is 0.